The Hall–Kier alpha value is -0.130. The number of thioether (sulfide) groups is 1. The first-order valence-corrected chi connectivity index (χ1v) is 8.74. The monoisotopic (exact) mass is 337 g/mol. The molecule has 3 nitrogen and oxygen atoms in total. The van der Waals surface area contributed by atoms with Crippen LogP contribution in [0.1, 0.15) is 12.8 Å². The van der Waals surface area contributed by atoms with Crippen LogP contribution in [0.5, 0.6) is 5.75 Å². The molecule has 0 fully saturated rings. The molecule has 1 unspecified atom stereocenters. The Bertz CT molecular complexity index is 393. The van der Waals surface area contributed by atoms with Crippen molar-refractivity contribution in [3.05, 3.63) is 28.2 Å². The number of halogens is 2. The zero-order chi connectivity index (χ0) is 14.8. The van der Waals surface area contributed by atoms with Crippen LogP contribution in [0.25, 0.3) is 0 Å². The first-order valence-electron chi connectivity index (χ1n) is 6.59. The van der Waals surface area contributed by atoms with Crippen LogP contribution in [-0.2, 0) is 0 Å². The normalized spacial score (nSPS) is 12.4. The number of benzene rings is 1. The molecule has 6 heteroatoms. The minimum atomic E-state index is -0.553. The molecule has 0 heterocycles. The Morgan fingerprint density at radius 2 is 2.15 bits per heavy atom. The molecule has 0 radical (unpaired) electrons. The van der Waals surface area contributed by atoms with E-state index in [1.165, 1.54) is 12.2 Å². The molecule has 20 heavy (non-hydrogen) atoms. The Morgan fingerprint density at radius 1 is 1.35 bits per heavy atom. The van der Waals surface area contributed by atoms with Crippen LogP contribution in [0.3, 0.4) is 0 Å². The zero-order valence-corrected chi connectivity index (χ0v) is 13.9. The molecule has 0 bridgehead atoms. The van der Waals surface area contributed by atoms with Gasteiger partial charge in [-0.05, 0) is 49.6 Å². The van der Waals surface area contributed by atoms with Gasteiger partial charge in [0.05, 0.1) is 5.02 Å². The lowest BCUT2D eigenvalue weighted by molar-refractivity contribution is 0.106. The minimum Gasteiger partial charge on any atom is -0.489 e. The van der Waals surface area contributed by atoms with Gasteiger partial charge in [-0.25, -0.2) is 0 Å². The highest BCUT2D eigenvalue weighted by Gasteiger charge is 2.07. The van der Waals surface area contributed by atoms with Crippen molar-refractivity contribution in [2.24, 2.45) is 0 Å². The fourth-order valence-corrected chi connectivity index (χ4v) is 2.56. The number of hydrogen-bond donors (Lipinski definition) is 2. The highest BCUT2D eigenvalue weighted by Crippen LogP contribution is 2.27. The summed E-state index contributed by atoms with van der Waals surface area (Å²) in [6.45, 7) is 1.64. The number of hydrogen-bond acceptors (Lipinski definition) is 4. The third kappa shape index (κ3) is 7.60. The number of ether oxygens (including phenoxy) is 1. The molecule has 0 saturated heterocycles. The second-order valence-corrected chi connectivity index (χ2v) is 6.27. The van der Waals surface area contributed by atoms with E-state index in [0.717, 1.165) is 13.0 Å². The maximum absolute atomic E-state index is 9.80. The van der Waals surface area contributed by atoms with Gasteiger partial charge < -0.3 is 15.2 Å². The third-order valence-electron chi connectivity index (χ3n) is 2.66. The fraction of sp³-hybridized carbons (Fsp3) is 0.571. The van der Waals surface area contributed by atoms with Crippen LogP contribution in [0.4, 0.5) is 0 Å². The quantitative estimate of drug-likeness (QED) is 0.641. The highest BCUT2D eigenvalue weighted by atomic mass is 35.5. The number of rotatable bonds is 10. The summed E-state index contributed by atoms with van der Waals surface area (Å²) in [5.41, 5.74) is 0. The summed E-state index contributed by atoms with van der Waals surface area (Å²) in [5, 5.41) is 14.0. The number of aliphatic hydroxyl groups is 1. The molecule has 0 saturated carbocycles. The van der Waals surface area contributed by atoms with E-state index < -0.39 is 6.10 Å². The largest absolute Gasteiger partial charge is 0.489 e. The van der Waals surface area contributed by atoms with Crippen LogP contribution in [0, 0.1) is 0 Å². The molecule has 0 aliphatic rings. The summed E-state index contributed by atoms with van der Waals surface area (Å²) in [6, 6.07) is 5.03. The summed E-state index contributed by atoms with van der Waals surface area (Å²) in [6.07, 6.45) is 3.87. The van der Waals surface area contributed by atoms with E-state index in [4.69, 9.17) is 27.9 Å². The van der Waals surface area contributed by atoms with Gasteiger partial charge in [0.15, 0.2) is 0 Å². The fourth-order valence-electron chi connectivity index (χ4n) is 1.60. The van der Waals surface area contributed by atoms with Gasteiger partial charge in [0.2, 0.25) is 0 Å². The van der Waals surface area contributed by atoms with E-state index in [1.54, 1.807) is 18.2 Å². The van der Waals surface area contributed by atoms with Gasteiger partial charge in [0.25, 0.3) is 0 Å². The van der Waals surface area contributed by atoms with E-state index in [1.807, 2.05) is 11.8 Å². The zero-order valence-electron chi connectivity index (χ0n) is 11.6. The maximum atomic E-state index is 9.80. The van der Waals surface area contributed by atoms with Gasteiger partial charge in [-0.1, -0.05) is 23.2 Å². The van der Waals surface area contributed by atoms with Crippen molar-refractivity contribution in [1.82, 2.24) is 5.32 Å². The van der Waals surface area contributed by atoms with E-state index in [9.17, 15) is 5.11 Å². The lowest BCUT2D eigenvalue weighted by Crippen LogP contribution is -2.32. The first kappa shape index (κ1) is 17.9. The van der Waals surface area contributed by atoms with Crippen molar-refractivity contribution in [3.8, 4) is 5.75 Å². The van der Waals surface area contributed by atoms with Crippen molar-refractivity contribution in [1.29, 1.82) is 0 Å². The molecule has 1 aromatic carbocycles. The standard InChI is InChI=1S/C14H21Cl2NO2S/c1-20-7-3-2-6-17-9-12(18)10-19-14-5-4-11(15)8-13(14)16/h4-5,8,12,17-18H,2-3,6-7,9-10H2,1H3. The molecule has 0 aliphatic heterocycles. The summed E-state index contributed by atoms with van der Waals surface area (Å²) >= 11 is 13.6. The third-order valence-corrected chi connectivity index (χ3v) is 3.88. The van der Waals surface area contributed by atoms with Gasteiger partial charge >= 0.3 is 0 Å². The second-order valence-electron chi connectivity index (χ2n) is 4.44. The SMILES string of the molecule is CSCCCCNCC(O)COc1ccc(Cl)cc1Cl. The summed E-state index contributed by atoms with van der Waals surface area (Å²) in [4.78, 5) is 0. The lowest BCUT2D eigenvalue weighted by Gasteiger charge is -2.14. The average molecular weight is 338 g/mol. The topological polar surface area (TPSA) is 41.5 Å². The van der Waals surface area contributed by atoms with Crippen molar-refractivity contribution in [3.63, 3.8) is 0 Å². The van der Waals surface area contributed by atoms with E-state index in [0.29, 0.717) is 22.3 Å². The van der Waals surface area contributed by atoms with Gasteiger partial charge in [0.1, 0.15) is 18.5 Å². The predicted octanol–water partition coefficient (Wildman–Crippen LogP) is 3.47. The average Bonchev–Trinajstić information content (AvgIpc) is 2.41. The minimum absolute atomic E-state index is 0.208. The molecular weight excluding hydrogens is 317 g/mol. The van der Waals surface area contributed by atoms with E-state index in [2.05, 4.69) is 11.6 Å². The second kappa shape index (κ2) is 10.6. The highest BCUT2D eigenvalue weighted by molar-refractivity contribution is 7.98. The molecule has 0 spiro atoms. The maximum Gasteiger partial charge on any atom is 0.138 e. The molecule has 1 rings (SSSR count). The van der Waals surface area contributed by atoms with Crippen LogP contribution in [0.2, 0.25) is 10.0 Å². The molecule has 1 aromatic rings. The van der Waals surface area contributed by atoms with Gasteiger partial charge in [-0.3, -0.25) is 0 Å². The number of unbranched alkanes of at least 4 members (excludes halogenated alkanes) is 1. The Labute approximate surface area is 135 Å². The molecule has 0 aromatic heterocycles. The van der Waals surface area contributed by atoms with Gasteiger partial charge in [-0.2, -0.15) is 11.8 Å². The molecule has 1 atom stereocenters. The van der Waals surface area contributed by atoms with Crippen LogP contribution in [-0.4, -0.2) is 42.9 Å². The summed E-state index contributed by atoms with van der Waals surface area (Å²) < 4.78 is 5.47. The van der Waals surface area contributed by atoms with Crippen molar-refractivity contribution in [2.75, 3.05) is 31.7 Å². The van der Waals surface area contributed by atoms with Crippen LogP contribution in [0.15, 0.2) is 18.2 Å². The Morgan fingerprint density at radius 3 is 2.85 bits per heavy atom. The summed E-state index contributed by atoms with van der Waals surface area (Å²) in [7, 11) is 0. The predicted molar refractivity (Wildman–Crippen MR) is 88.4 cm³/mol. The van der Waals surface area contributed by atoms with E-state index >= 15 is 0 Å². The van der Waals surface area contributed by atoms with E-state index in [-0.39, 0.29) is 6.61 Å². The molecule has 2 N–H and O–H groups in total. The molecule has 0 amide bonds. The molecular formula is C14H21Cl2NO2S. The number of aliphatic hydroxyl groups excluding tert-OH is 1. The van der Waals surface area contributed by atoms with Gasteiger partial charge in [-0.15, -0.1) is 0 Å². The smallest absolute Gasteiger partial charge is 0.138 e. The molecule has 114 valence electrons. The number of nitrogens with one attached hydrogen (secondary N) is 1. The van der Waals surface area contributed by atoms with Crippen LogP contribution < -0.4 is 10.1 Å². The Kier molecular flexibility index (Phi) is 9.48. The Balaban J connectivity index is 2.14. The first-order chi connectivity index (χ1) is 9.63. The van der Waals surface area contributed by atoms with Crippen molar-refractivity contribution >= 4 is 35.0 Å². The lowest BCUT2D eigenvalue weighted by atomic mass is 10.3. The molecule has 0 aliphatic carbocycles. The van der Waals surface area contributed by atoms with Crippen LogP contribution >= 0.6 is 35.0 Å². The summed E-state index contributed by atoms with van der Waals surface area (Å²) in [5.74, 6) is 1.72. The van der Waals surface area contributed by atoms with Gasteiger partial charge in [0, 0.05) is 11.6 Å². The van der Waals surface area contributed by atoms with Crippen molar-refractivity contribution < 1.29 is 9.84 Å². The van der Waals surface area contributed by atoms with Crippen molar-refractivity contribution in [2.45, 2.75) is 18.9 Å².